The number of hydrogen-bond acceptors (Lipinski definition) is 3. The summed E-state index contributed by atoms with van der Waals surface area (Å²) in [6.07, 6.45) is 2.50. The van der Waals surface area contributed by atoms with Crippen molar-refractivity contribution in [2.24, 2.45) is 0 Å². The zero-order valence-electron chi connectivity index (χ0n) is 12.4. The molecule has 3 nitrogen and oxygen atoms in total. The largest absolute Gasteiger partial charge is 0.383 e. The Morgan fingerprint density at radius 1 is 1.40 bits per heavy atom. The normalized spacial score (nSPS) is 16.6. The molecular weight excluding hydrogens is 255 g/mol. The number of ether oxygens (including phenoxy) is 1. The molecule has 1 aliphatic rings. The molecule has 0 bridgehead atoms. The molecule has 1 fully saturated rings. The van der Waals surface area contributed by atoms with Gasteiger partial charge in [-0.15, -0.1) is 0 Å². The smallest absolute Gasteiger partial charge is 0.128 e. The number of halogens is 1. The van der Waals surface area contributed by atoms with Gasteiger partial charge in [-0.2, -0.15) is 0 Å². The van der Waals surface area contributed by atoms with Gasteiger partial charge in [0, 0.05) is 37.8 Å². The highest BCUT2D eigenvalue weighted by Gasteiger charge is 2.30. The zero-order valence-corrected chi connectivity index (χ0v) is 12.4. The molecule has 0 aliphatic heterocycles. The standard InChI is InChI=1S/C16H25FN2O/c1-3-18-16(14-6-4-5-7-15(14)17)12-19(10-11-20-2)13-8-9-13/h4-7,13,16,18H,3,8-12H2,1-2H3. The fraction of sp³-hybridized carbons (Fsp3) is 0.625. The van der Waals surface area contributed by atoms with E-state index in [4.69, 9.17) is 4.74 Å². The maximum absolute atomic E-state index is 14.0. The van der Waals surface area contributed by atoms with E-state index in [1.54, 1.807) is 13.2 Å². The van der Waals surface area contributed by atoms with Crippen LogP contribution in [0.4, 0.5) is 4.39 Å². The van der Waals surface area contributed by atoms with Gasteiger partial charge in [0.2, 0.25) is 0 Å². The summed E-state index contributed by atoms with van der Waals surface area (Å²) in [7, 11) is 1.73. The van der Waals surface area contributed by atoms with Crippen molar-refractivity contribution in [3.63, 3.8) is 0 Å². The van der Waals surface area contributed by atoms with Gasteiger partial charge in [-0.3, -0.25) is 4.90 Å². The van der Waals surface area contributed by atoms with Crippen LogP contribution in [0.5, 0.6) is 0 Å². The second kappa shape index (κ2) is 7.72. The Morgan fingerprint density at radius 2 is 2.15 bits per heavy atom. The number of nitrogens with zero attached hydrogens (tertiary/aromatic N) is 1. The Bertz CT molecular complexity index is 409. The molecule has 1 aliphatic carbocycles. The number of methoxy groups -OCH3 is 1. The summed E-state index contributed by atoms with van der Waals surface area (Å²) in [4.78, 5) is 2.42. The van der Waals surface area contributed by atoms with Gasteiger partial charge in [0.25, 0.3) is 0 Å². The van der Waals surface area contributed by atoms with Crippen LogP contribution in [0, 0.1) is 5.82 Å². The molecule has 0 spiro atoms. The fourth-order valence-electron chi connectivity index (χ4n) is 2.58. The highest BCUT2D eigenvalue weighted by molar-refractivity contribution is 5.21. The number of rotatable bonds is 9. The lowest BCUT2D eigenvalue weighted by molar-refractivity contribution is 0.135. The minimum absolute atomic E-state index is 0.0404. The summed E-state index contributed by atoms with van der Waals surface area (Å²) < 4.78 is 19.2. The summed E-state index contributed by atoms with van der Waals surface area (Å²) in [6, 6.07) is 7.75. The van der Waals surface area contributed by atoms with Crippen molar-refractivity contribution in [2.75, 3.05) is 33.4 Å². The van der Waals surface area contributed by atoms with Crippen molar-refractivity contribution in [3.8, 4) is 0 Å². The van der Waals surface area contributed by atoms with Crippen LogP contribution >= 0.6 is 0 Å². The predicted molar refractivity (Wildman–Crippen MR) is 79.3 cm³/mol. The molecule has 1 aromatic carbocycles. The molecule has 0 heterocycles. The second-order valence-electron chi connectivity index (χ2n) is 5.35. The molecular formula is C16H25FN2O. The molecule has 1 N–H and O–H groups in total. The van der Waals surface area contributed by atoms with E-state index < -0.39 is 0 Å². The topological polar surface area (TPSA) is 24.5 Å². The Labute approximate surface area is 121 Å². The van der Waals surface area contributed by atoms with Crippen LogP contribution in [0.3, 0.4) is 0 Å². The van der Waals surface area contributed by atoms with E-state index in [0.717, 1.165) is 31.8 Å². The minimum Gasteiger partial charge on any atom is -0.383 e. The van der Waals surface area contributed by atoms with Crippen molar-refractivity contribution >= 4 is 0 Å². The molecule has 2 rings (SSSR count). The van der Waals surface area contributed by atoms with Crippen LogP contribution in [0.2, 0.25) is 0 Å². The third-order valence-corrected chi connectivity index (χ3v) is 3.79. The van der Waals surface area contributed by atoms with E-state index >= 15 is 0 Å². The van der Waals surface area contributed by atoms with Gasteiger partial charge < -0.3 is 10.1 Å². The van der Waals surface area contributed by atoms with Crippen molar-refractivity contribution < 1.29 is 9.13 Å². The quantitative estimate of drug-likeness (QED) is 0.752. The van der Waals surface area contributed by atoms with Crippen molar-refractivity contribution in [1.82, 2.24) is 10.2 Å². The van der Waals surface area contributed by atoms with Crippen molar-refractivity contribution in [1.29, 1.82) is 0 Å². The Kier molecular flexibility index (Phi) is 5.95. The summed E-state index contributed by atoms with van der Waals surface area (Å²) >= 11 is 0. The number of benzene rings is 1. The molecule has 1 saturated carbocycles. The summed E-state index contributed by atoms with van der Waals surface area (Å²) in [5, 5.41) is 3.41. The first-order valence-corrected chi connectivity index (χ1v) is 7.47. The van der Waals surface area contributed by atoms with E-state index in [-0.39, 0.29) is 11.9 Å². The Hall–Kier alpha value is -0.970. The summed E-state index contributed by atoms with van der Waals surface area (Å²) in [6.45, 7) is 5.37. The van der Waals surface area contributed by atoms with Crippen LogP contribution in [-0.4, -0.2) is 44.3 Å². The third kappa shape index (κ3) is 4.27. The lowest BCUT2D eigenvalue weighted by atomic mass is 10.1. The van der Waals surface area contributed by atoms with Gasteiger partial charge in [0.1, 0.15) is 5.82 Å². The average Bonchev–Trinajstić information content (AvgIpc) is 3.27. The lowest BCUT2D eigenvalue weighted by Crippen LogP contribution is -2.38. The molecule has 4 heteroatoms. The van der Waals surface area contributed by atoms with Crippen molar-refractivity contribution in [2.45, 2.75) is 31.8 Å². The SMILES string of the molecule is CCNC(CN(CCOC)C1CC1)c1ccccc1F. The third-order valence-electron chi connectivity index (χ3n) is 3.79. The van der Waals surface area contributed by atoms with Crippen LogP contribution < -0.4 is 5.32 Å². The van der Waals surface area contributed by atoms with E-state index in [1.165, 1.54) is 18.9 Å². The van der Waals surface area contributed by atoms with Gasteiger partial charge in [-0.05, 0) is 25.5 Å². The van der Waals surface area contributed by atoms with E-state index in [2.05, 4.69) is 17.1 Å². The first-order valence-electron chi connectivity index (χ1n) is 7.47. The molecule has 112 valence electrons. The van der Waals surface area contributed by atoms with Crippen molar-refractivity contribution in [3.05, 3.63) is 35.6 Å². The molecule has 0 saturated heterocycles. The Balaban J connectivity index is 2.05. The number of likely N-dealkylation sites (N-methyl/N-ethyl adjacent to an activating group) is 1. The first-order chi connectivity index (χ1) is 9.76. The maximum atomic E-state index is 14.0. The Morgan fingerprint density at radius 3 is 2.75 bits per heavy atom. The summed E-state index contributed by atoms with van der Waals surface area (Å²) in [5.41, 5.74) is 0.761. The molecule has 1 aromatic rings. The molecule has 20 heavy (non-hydrogen) atoms. The van der Waals surface area contributed by atoms with Crippen LogP contribution in [0.25, 0.3) is 0 Å². The van der Waals surface area contributed by atoms with E-state index in [9.17, 15) is 4.39 Å². The van der Waals surface area contributed by atoms with E-state index in [1.807, 2.05) is 12.1 Å². The molecule has 0 aromatic heterocycles. The number of nitrogens with one attached hydrogen (secondary N) is 1. The molecule has 1 atom stereocenters. The van der Waals surface area contributed by atoms with Gasteiger partial charge in [0.05, 0.1) is 6.61 Å². The lowest BCUT2D eigenvalue weighted by Gasteiger charge is -2.28. The van der Waals surface area contributed by atoms with Gasteiger partial charge in [0.15, 0.2) is 0 Å². The molecule has 0 radical (unpaired) electrons. The fourth-order valence-corrected chi connectivity index (χ4v) is 2.58. The predicted octanol–water partition coefficient (Wildman–Crippen LogP) is 2.59. The van der Waals surface area contributed by atoms with Crippen LogP contribution in [0.1, 0.15) is 31.4 Å². The average molecular weight is 280 g/mol. The van der Waals surface area contributed by atoms with E-state index in [0.29, 0.717) is 6.04 Å². The van der Waals surface area contributed by atoms with Gasteiger partial charge in [-0.25, -0.2) is 4.39 Å². The monoisotopic (exact) mass is 280 g/mol. The van der Waals surface area contributed by atoms with Crippen LogP contribution in [0.15, 0.2) is 24.3 Å². The highest BCUT2D eigenvalue weighted by Crippen LogP contribution is 2.29. The first kappa shape index (κ1) is 15.4. The number of hydrogen-bond donors (Lipinski definition) is 1. The van der Waals surface area contributed by atoms with Gasteiger partial charge >= 0.3 is 0 Å². The molecule has 0 amide bonds. The summed E-state index contributed by atoms with van der Waals surface area (Å²) in [5.74, 6) is -0.124. The van der Waals surface area contributed by atoms with Crippen LogP contribution in [-0.2, 0) is 4.74 Å². The second-order valence-corrected chi connectivity index (χ2v) is 5.35. The molecule has 1 unspecified atom stereocenters. The van der Waals surface area contributed by atoms with Gasteiger partial charge in [-0.1, -0.05) is 25.1 Å². The minimum atomic E-state index is -0.124. The highest BCUT2D eigenvalue weighted by atomic mass is 19.1. The maximum Gasteiger partial charge on any atom is 0.128 e. The zero-order chi connectivity index (χ0) is 14.4.